The maximum absolute atomic E-state index is 11.7. The number of rotatable bonds is 13. The van der Waals surface area contributed by atoms with Crippen molar-refractivity contribution in [3.8, 4) is 0 Å². The lowest BCUT2D eigenvalue weighted by atomic mass is 9.76. The van der Waals surface area contributed by atoms with Crippen molar-refractivity contribution in [2.75, 3.05) is 6.61 Å². The summed E-state index contributed by atoms with van der Waals surface area (Å²) in [7, 11) is -4.45. The van der Waals surface area contributed by atoms with Gasteiger partial charge >= 0.3 is 0 Å². The first-order valence-corrected chi connectivity index (χ1v) is 20.7. The molecule has 0 fully saturated rings. The van der Waals surface area contributed by atoms with Crippen LogP contribution in [-0.4, -0.2) is 35.1 Å². The monoisotopic (exact) mass is 604 g/mol. The first-order chi connectivity index (χ1) is 19.5. The minimum absolute atomic E-state index is 0.0143. The van der Waals surface area contributed by atoms with Gasteiger partial charge in [0.2, 0.25) is 0 Å². The van der Waals surface area contributed by atoms with E-state index in [1.807, 2.05) is 0 Å². The molecule has 0 N–H and O–H groups in total. The second kappa shape index (κ2) is 13.7. The van der Waals surface area contributed by atoms with Crippen molar-refractivity contribution in [1.82, 2.24) is 0 Å². The van der Waals surface area contributed by atoms with Crippen LogP contribution in [0.1, 0.15) is 87.5 Å². The Hall–Kier alpha value is -2.06. The standard InChI is InChI=1S/C37H56O3Si2/c1-30(38)20-19-28-37(8)31(26-27-34(37)40-41(9,10)35(2,3)4)21-17-18-29-39-42(36(5,6)7,32-22-13-11-14-23-32)33-24-15-12-16-25-33/h11-16,19-20,22-26,34H,17-18,21,27-29H2,1-10H3/b20-19+/t34-,37+/m1/s1. The summed E-state index contributed by atoms with van der Waals surface area (Å²) in [6.45, 7) is 23.3. The smallest absolute Gasteiger partial charge is 0.261 e. The summed E-state index contributed by atoms with van der Waals surface area (Å²) in [5, 5.41) is 2.80. The molecule has 5 heteroatoms. The van der Waals surface area contributed by atoms with Crippen molar-refractivity contribution in [1.29, 1.82) is 0 Å². The molecule has 0 radical (unpaired) electrons. The molecule has 230 valence electrons. The van der Waals surface area contributed by atoms with Gasteiger partial charge in [-0.05, 0) is 78.6 Å². The van der Waals surface area contributed by atoms with Gasteiger partial charge in [-0.25, -0.2) is 0 Å². The molecule has 0 spiro atoms. The third-order valence-electron chi connectivity index (χ3n) is 9.74. The summed E-state index contributed by atoms with van der Waals surface area (Å²) in [4.78, 5) is 11.7. The van der Waals surface area contributed by atoms with Gasteiger partial charge in [0.1, 0.15) is 0 Å². The van der Waals surface area contributed by atoms with Crippen molar-refractivity contribution < 1.29 is 13.6 Å². The molecule has 3 rings (SSSR count). The Morgan fingerprint density at radius 3 is 1.93 bits per heavy atom. The molecule has 0 unspecified atom stereocenters. The number of hydrogen-bond donors (Lipinski definition) is 0. The molecular weight excluding hydrogens is 549 g/mol. The lowest BCUT2D eigenvalue weighted by molar-refractivity contribution is -0.112. The lowest BCUT2D eigenvalue weighted by Gasteiger charge is -2.44. The maximum Gasteiger partial charge on any atom is 0.261 e. The van der Waals surface area contributed by atoms with E-state index in [9.17, 15) is 4.79 Å². The van der Waals surface area contributed by atoms with Crippen molar-refractivity contribution in [2.45, 2.75) is 117 Å². The van der Waals surface area contributed by atoms with Crippen LogP contribution in [-0.2, 0) is 13.6 Å². The summed E-state index contributed by atoms with van der Waals surface area (Å²) in [6.07, 6.45) is 11.3. The van der Waals surface area contributed by atoms with E-state index in [1.165, 1.54) is 15.9 Å². The molecular formula is C37H56O3Si2. The number of unbranched alkanes of at least 4 members (excludes halogenated alkanes) is 1. The summed E-state index contributed by atoms with van der Waals surface area (Å²) in [5.74, 6) is 0.101. The molecule has 0 aromatic heterocycles. The normalized spacial score (nSPS) is 20.2. The summed E-state index contributed by atoms with van der Waals surface area (Å²) in [6, 6.07) is 21.8. The van der Waals surface area contributed by atoms with E-state index in [0.717, 1.165) is 38.7 Å². The predicted octanol–water partition coefficient (Wildman–Crippen LogP) is 9.00. The second-order valence-electron chi connectivity index (χ2n) is 14.9. The van der Waals surface area contributed by atoms with Gasteiger partial charge in [0.05, 0.1) is 6.10 Å². The van der Waals surface area contributed by atoms with Crippen LogP contribution in [0.25, 0.3) is 0 Å². The molecule has 0 heterocycles. The summed E-state index contributed by atoms with van der Waals surface area (Å²) in [5.41, 5.74) is 1.38. The van der Waals surface area contributed by atoms with Gasteiger partial charge in [-0.2, -0.15) is 0 Å². The van der Waals surface area contributed by atoms with Gasteiger partial charge in [-0.1, -0.05) is 127 Å². The zero-order valence-corrected chi connectivity index (χ0v) is 30.1. The Balaban J connectivity index is 1.76. The zero-order chi connectivity index (χ0) is 31.2. The van der Waals surface area contributed by atoms with Crippen LogP contribution in [0, 0.1) is 5.41 Å². The van der Waals surface area contributed by atoms with Crippen molar-refractivity contribution in [2.24, 2.45) is 5.41 Å². The maximum atomic E-state index is 11.7. The summed E-state index contributed by atoms with van der Waals surface area (Å²) >= 11 is 0. The number of benzene rings is 2. The zero-order valence-electron chi connectivity index (χ0n) is 28.1. The number of carbonyl (C=O) groups is 1. The molecule has 42 heavy (non-hydrogen) atoms. The largest absolute Gasteiger partial charge is 0.413 e. The third-order valence-corrected chi connectivity index (χ3v) is 19.3. The van der Waals surface area contributed by atoms with Crippen LogP contribution >= 0.6 is 0 Å². The molecule has 1 aliphatic rings. The molecule has 2 aromatic carbocycles. The van der Waals surface area contributed by atoms with Crippen molar-refractivity contribution >= 4 is 32.8 Å². The molecule has 2 atom stereocenters. The Morgan fingerprint density at radius 2 is 1.45 bits per heavy atom. The van der Waals surface area contributed by atoms with E-state index in [-0.39, 0.29) is 27.4 Å². The fraction of sp³-hybridized carbons (Fsp3) is 0.541. The number of carbonyl (C=O) groups excluding carboxylic acids is 1. The fourth-order valence-corrected chi connectivity index (χ4v) is 12.2. The van der Waals surface area contributed by atoms with Crippen LogP contribution < -0.4 is 10.4 Å². The van der Waals surface area contributed by atoms with Crippen molar-refractivity contribution in [3.63, 3.8) is 0 Å². The highest BCUT2D eigenvalue weighted by atomic mass is 28.4. The highest BCUT2D eigenvalue weighted by molar-refractivity contribution is 6.99. The predicted molar refractivity (Wildman–Crippen MR) is 185 cm³/mol. The van der Waals surface area contributed by atoms with E-state index in [2.05, 4.69) is 134 Å². The molecule has 0 aliphatic heterocycles. The van der Waals surface area contributed by atoms with Gasteiger partial charge < -0.3 is 8.85 Å². The minimum Gasteiger partial charge on any atom is -0.413 e. The molecule has 0 amide bonds. The quantitative estimate of drug-likeness (QED) is 0.0991. The number of allylic oxidation sites excluding steroid dienone is 2. The Morgan fingerprint density at radius 1 is 0.905 bits per heavy atom. The van der Waals surface area contributed by atoms with Gasteiger partial charge in [-0.15, -0.1) is 0 Å². The van der Waals surface area contributed by atoms with Crippen molar-refractivity contribution in [3.05, 3.63) is 84.5 Å². The van der Waals surface area contributed by atoms with Gasteiger partial charge in [0.15, 0.2) is 14.1 Å². The highest BCUT2D eigenvalue weighted by Crippen LogP contribution is 2.49. The molecule has 0 saturated carbocycles. The van der Waals surface area contributed by atoms with Crippen LogP contribution in [0.5, 0.6) is 0 Å². The Bertz CT molecular complexity index is 1180. The van der Waals surface area contributed by atoms with Gasteiger partial charge in [0.25, 0.3) is 8.32 Å². The first kappa shape index (κ1) is 34.4. The fourth-order valence-electron chi connectivity index (χ4n) is 6.18. The van der Waals surface area contributed by atoms with Gasteiger partial charge in [0, 0.05) is 12.0 Å². The van der Waals surface area contributed by atoms with Crippen LogP contribution in [0.15, 0.2) is 84.5 Å². The van der Waals surface area contributed by atoms with Crippen LogP contribution in [0.3, 0.4) is 0 Å². The molecule has 0 saturated heterocycles. The minimum atomic E-state index is -2.51. The van der Waals surface area contributed by atoms with E-state index in [0.29, 0.717) is 0 Å². The van der Waals surface area contributed by atoms with Gasteiger partial charge in [-0.3, -0.25) is 4.79 Å². The Labute approximate surface area is 259 Å². The lowest BCUT2D eigenvalue weighted by Crippen LogP contribution is -2.66. The molecule has 2 aromatic rings. The molecule has 0 bridgehead atoms. The average molecular weight is 605 g/mol. The number of hydrogen-bond acceptors (Lipinski definition) is 3. The van der Waals surface area contributed by atoms with E-state index in [1.54, 1.807) is 13.0 Å². The topological polar surface area (TPSA) is 35.5 Å². The highest BCUT2D eigenvalue weighted by Gasteiger charge is 2.50. The average Bonchev–Trinajstić information content (AvgIpc) is 3.19. The summed E-state index contributed by atoms with van der Waals surface area (Å²) < 4.78 is 14.2. The van der Waals surface area contributed by atoms with E-state index < -0.39 is 16.6 Å². The third kappa shape index (κ3) is 7.71. The van der Waals surface area contributed by atoms with Crippen LogP contribution in [0.2, 0.25) is 23.2 Å². The van der Waals surface area contributed by atoms with Crippen LogP contribution in [0.4, 0.5) is 0 Å². The molecule has 3 nitrogen and oxygen atoms in total. The second-order valence-corrected chi connectivity index (χ2v) is 24.0. The van der Waals surface area contributed by atoms with E-state index in [4.69, 9.17) is 8.85 Å². The first-order valence-electron chi connectivity index (χ1n) is 15.8. The Kier molecular flexibility index (Phi) is 11.2. The number of ketones is 1. The SMILES string of the molecule is CC(=O)/C=C/C[C@@]1(C)C(CCCCO[Si](c2ccccc2)(c2ccccc2)C(C)(C)C)=CC[C@H]1O[Si](C)(C)C(C)(C)C. The molecule has 1 aliphatic carbocycles. The van der Waals surface area contributed by atoms with E-state index >= 15 is 0 Å².